The van der Waals surface area contributed by atoms with E-state index in [-0.39, 0.29) is 17.9 Å². The Morgan fingerprint density at radius 1 is 1.12 bits per heavy atom. The summed E-state index contributed by atoms with van der Waals surface area (Å²) in [4.78, 5) is 27.8. The highest BCUT2D eigenvalue weighted by molar-refractivity contribution is 6.30. The van der Waals surface area contributed by atoms with Gasteiger partial charge in [0.15, 0.2) is 0 Å². The van der Waals surface area contributed by atoms with Crippen molar-refractivity contribution in [1.82, 2.24) is 15.6 Å². The Balaban J connectivity index is 1.67. The minimum absolute atomic E-state index is 0.0416. The Morgan fingerprint density at radius 2 is 1.79 bits per heavy atom. The molecule has 0 spiro atoms. The summed E-state index contributed by atoms with van der Waals surface area (Å²) in [7, 11) is 0. The van der Waals surface area contributed by atoms with Crippen LogP contribution in [0.2, 0.25) is 5.02 Å². The summed E-state index contributed by atoms with van der Waals surface area (Å²) in [6.07, 6.45) is 4.33. The topological polar surface area (TPSA) is 71.1 Å². The highest BCUT2D eigenvalue weighted by Gasteiger charge is 2.09. The van der Waals surface area contributed by atoms with Crippen molar-refractivity contribution >= 4 is 23.4 Å². The van der Waals surface area contributed by atoms with E-state index in [1.54, 1.807) is 36.7 Å². The van der Waals surface area contributed by atoms with Crippen molar-refractivity contribution in [2.45, 2.75) is 25.8 Å². The lowest BCUT2D eigenvalue weighted by molar-refractivity contribution is -0.121. The summed E-state index contributed by atoms with van der Waals surface area (Å²) in [6.45, 7) is 2.37. The summed E-state index contributed by atoms with van der Waals surface area (Å²) in [5.74, 6) is -0.211. The van der Waals surface area contributed by atoms with E-state index >= 15 is 0 Å². The third-order valence-corrected chi connectivity index (χ3v) is 3.81. The molecule has 2 amide bonds. The number of hydrogen-bond acceptors (Lipinski definition) is 3. The monoisotopic (exact) mass is 345 g/mol. The average Bonchev–Trinajstić information content (AvgIpc) is 2.60. The van der Waals surface area contributed by atoms with Gasteiger partial charge in [0.1, 0.15) is 0 Å². The van der Waals surface area contributed by atoms with Crippen molar-refractivity contribution in [3.05, 3.63) is 64.9 Å². The smallest absolute Gasteiger partial charge is 0.251 e. The van der Waals surface area contributed by atoms with Crippen molar-refractivity contribution in [2.24, 2.45) is 0 Å². The van der Waals surface area contributed by atoms with Crippen LogP contribution in [0.1, 0.15) is 41.7 Å². The van der Waals surface area contributed by atoms with Gasteiger partial charge in [-0.15, -0.1) is 0 Å². The van der Waals surface area contributed by atoms with Gasteiger partial charge in [0.25, 0.3) is 5.91 Å². The molecule has 24 heavy (non-hydrogen) atoms. The predicted molar refractivity (Wildman–Crippen MR) is 93.8 cm³/mol. The third-order valence-electron chi connectivity index (χ3n) is 3.56. The molecule has 126 valence electrons. The first-order valence-corrected chi connectivity index (χ1v) is 8.17. The van der Waals surface area contributed by atoms with Crippen LogP contribution < -0.4 is 10.6 Å². The number of carbonyl (C=O) groups is 2. The van der Waals surface area contributed by atoms with Crippen LogP contribution in [0.25, 0.3) is 0 Å². The zero-order chi connectivity index (χ0) is 17.4. The lowest BCUT2D eigenvalue weighted by Crippen LogP contribution is -2.29. The fourth-order valence-corrected chi connectivity index (χ4v) is 2.33. The van der Waals surface area contributed by atoms with Crippen LogP contribution in [0, 0.1) is 0 Å². The molecule has 0 saturated carbocycles. The third kappa shape index (κ3) is 5.66. The number of hydrogen-bond donors (Lipinski definition) is 2. The number of nitrogens with zero attached hydrogens (tertiary/aromatic N) is 1. The molecule has 0 aliphatic rings. The van der Waals surface area contributed by atoms with Crippen molar-refractivity contribution in [3.63, 3.8) is 0 Å². The first kappa shape index (κ1) is 17.9. The Bertz CT molecular complexity index is 674. The molecule has 2 rings (SSSR count). The lowest BCUT2D eigenvalue weighted by Gasteiger charge is -2.14. The SMILES string of the molecule is C[C@H](NC(=O)CCCNC(=O)c1ccc(Cl)cc1)c1ccncc1. The van der Waals surface area contributed by atoms with E-state index in [1.165, 1.54) is 0 Å². The molecular weight excluding hydrogens is 326 g/mol. The van der Waals surface area contributed by atoms with E-state index in [4.69, 9.17) is 11.6 Å². The van der Waals surface area contributed by atoms with Crippen molar-refractivity contribution < 1.29 is 9.59 Å². The molecule has 1 aromatic heterocycles. The van der Waals surface area contributed by atoms with Gasteiger partial charge in [0.05, 0.1) is 6.04 Å². The lowest BCUT2D eigenvalue weighted by atomic mass is 10.1. The maximum atomic E-state index is 11.9. The molecule has 0 radical (unpaired) electrons. The second-order valence-electron chi connectivity index (χ2n) is 5.44. The molecule has 0 fully saturated rings. The molecule has 0 saturated heterocycles. The van der Waals surface area contributed by atoms with Crippen LogP contribution in [0.15, 0.2) is 48.8 Å². The predicted octanol–water partition coefficient (Wildman–Crippen LogP) is 3.12. The van der Waals surface area contributed by atoms with E-state index in [0.717, 1.165) is 5.56 Å². The second-order valence-corrected chi connectivity index (χ2v) is 5.87. The van der Waals surface area contributed by atoms with Crippen molar-refractivity contribution in [1.29, 1.82) is 0 Å². The Hall–Kier alpha value is -2.40. The number of carbonyl (C=O) groups excluding carboxylic acids is 2. The highest BCUT2D eigenvalue weighted by atomic mass is 35.5. The number of aromatic nitrogens is 1. The minimum atomic E-state index is -0.169. The second kappa shape index (κ2) is 9.03. The van der Waals surface area contributed by atoms with Crippen LogP contribution >= 0.6 is 11.6 Å². The van der Waals surface area contributed by atoms with Gasteiger partial charge >= 0.3 is 0 Å². The summed E-state index contributed by atoms with van der Waals surface area (Å²) in [5, 5.41) is 6.31. The number of amides is 2. The van der Waals surface area contributed by atoms with E-state index in [2.05, 4.69) is 15.6 Å². The van der Waals surface area contributed by atoms with E-state index in [9.17, 15) is 9.59 Å². The molecule has 1 atom stereocenters. The molecule has 1 heterocycles. The van der Waals surface area contributed by atoms with E-state index in [1.807, 2.05) is 19.1 Å². The van der Waals surface area contributed by atoms with Gasteiger partial charge in [0.2, 0.25) is 5.91 Å². The molecule has 0 aliphatic heterocycles. The highest BCUT2D eigenvalue weighted by Crippen LogP contribution is 2.11. The molecule has 0 bridgehead atoms. The minimum Gasteiger partial charge on any atom is -0.352 e. The van der Waals surface area contributed by atoms with Crippen LogP contribution in [-0.4, -0.2) is 23.3 Å². The summed E-state index contributed by atoms with van der Waals surface area (Å²) in [5.41, 5.74) is 1.56. The number of nitrogens with one attached hydrogen (secondary N) is 2. The summed E-state index contributed by atoms with van der Waals surface area (Å²) in [6, 6.07) is 10.4. The maximum Gasteiger partial charge on any atom is 0.251 e. The van der Waals surface area contributed by atoms with Crippen LogP contribution in [0.3, 0.4) is 0 Å². The van der Waals surface area contributed by atoms with Gasteiger partial charge < -0.3 is 10.6 Å². The maximum absolute atomic E-state index is 11.9. The van der Waals surface area contributed by atoms with Crippen LogP contribution in [-0.2, 0) is 4.79 Å². The average molecular weight is 346 g/mol. The molecule has 6 heteroatoms. The number of benzene rings is 1. The summed E-state index contributed by atoms with van der Waals surface area (Å²) < 4.78 is 0. The number of rotatable bonds is 7. The largest absolute Gasteiger partial charge is 0.352 e. The fraction of sp³-hybridized carbons (Fsp3) is 0.278. The fourth-order valence-electron chi connectivity index (χ4n) is 2.20. The number of pyridine rings is 1. The van der Waals surface area contributed by atoms with Gasteiger partial charge in [-0.1, -0.05) is 11.6 Å². The van der Waals surface area contributed by atoms with E-state index in [0.29, 0.717) is 30.0 Å². The Morgan fingerprint density at radius 3 is 2.46 bits per heavy atom. The van der Waals surface area contributed by atoms with Crippen LogP contribution in [0.4, 0.5) is 0 Å². The first-order valence-electron chi connectivity index (χ1n) is 7.79. The zero-order valence-corrected chi connectivity index (χ0v) is 14.2. The Kier molecular flexibility index (Phi) is 6.75. The van der Waals surface area contributed by atoms with Crippen molar-refractivity contribution in [2.75, 3.05) is 6.54 Å². The van der Waals surface area contributed by atoms with Gasteiger partial charge in [-0.25, -0.2) is 0 Å². The quantitative estimate of drug-likeness (QED) is 0.757. The van der Waals surface area contributed by atoms with Gasteiger partial charge in [-0.3, -0.25) is 14.6 Å². The molecule has 0 aliphatic carbocycles. The van der Waals surface area contributed by atoms with Crippen LogP contribution in [0.5, 0.6) is 0 Å². The summed E-state index contributed by atoms with van der Waals surface area (Å²) >= 11 is 5.78. The Labute approximate surface area is 146 Å². The zero-order valence-electron chi connectivity index (χ0n) is 13.5. The normalized spacial score (nSPS) is 11.6. The van der Waals surface area contributed by atoms with Gasteiger partial charge in [-0.2, -0.15) is 0 Å². The molecule has 2 aromatic rings. The molecule has 5 nitrogen and oxygen atoms in total. The molecule has 0 unspecified atom stereocenters. The molecule has 1 aromatic carbocycles. The standard InChI is InChI=1S/C18H20ClN3O2/c1-13(14-8-11-20-12-9-14)22-17(23)3-2-10-21-18(24)15-4-6-16(19)7-5-15/h4-9,11-13H,2-3,10H2,1H3,(H,21,24)(H,22,23)/t13-/m0/s1. The number of halogens is 1. The first-order chi connectivity index (χ1) is 11.6. The molecular formula is C18H20ClN3O2. The molecule has 2 N–H and O–H groups in total. The van der Waals surface area contributed by atoms with E-state index < -0.39 is 0 Å². The van der Waals surface area contributed by atoms with Crippen molar-refractivity contribution in [3.8, 4) is 0 Å². The van der Waals surface area contributed by atoms with Gasteiger partial charge in [-0.05, 0) is 55.3 Å². The van der Waals surface area contributed by atoms with Gasteiger partial charge in [0, 0.05) is 35.9 Å².